The fourth-order valence-corrected chi connectivity index (χ4v) is 2.46. The molecule has 0 atom stereocenters. The number of benzene rings is 1. The summed E-state index contributed by atoms with van der Waals surface area (Å²) in [5, 5.41) is 10.0. The summed E-state index contributed by atoms with van der Waals surface area (Å²) in [7, 11) is 0. The quantitative estimate of drug-likeness (QED) is 0.349. The summed E-state index contributed by atoms with van der Waals surface area (Å²) in [6, 6.07) is 4.76. The molecule has 3 rings (SSSR count). The molecule has 0 radical (unpaired) electrons. The van der Waals surface area contributed by atoms with Crippen LogP contribution in [0.2, 0.25) is 0 Å². The van der Waals surface area contributed by atoms with Gasteiger partial charge < -0.3 is 17.0 Å². The van der Waals surface area contributed by atoms with Gasteiger partial charge in [0.05, 0.1) is 0 Å². The average Bonchev–Trinajstić information content (AvgIpc) is 3.09. The van der Waals surface area contributed by atoms with Gasteiger partial charge in [0.2, 0.25) is 5.82 Å². The molecule has 0 aliphatic heterocycles. The summed E-state index contributed by atoms with van der Waals surface area (Å²) in [6.45, 7) is -0.0731. The lowest BCUT2D eigenvalue weighted by Gasteiger charge is -2.14. The lowest BCUT2D eigenvalue weighted by atomic mass is 10.1. The number of nitrogens with two attached hydrogens (primary N) is 2. The van der Waals surface area contributed by atoms with Crippen LogP contribution in [0.5, 0.6) is 0 Å². The van der Waals surface area contributed by atoms with Crippen LogP contribution in [0.25, 0.3) is 5.69 Å². The summed E-state index contributed by atoms with van der Waals surface area (Å²) < 4.78 is 67.9. The molecule has 3 aromatic rings. The molecule has 5 N–H and O–H groups in total. The standard InChI is InChI=1S/C15H13F5N8/c16-9-5-8(7-24-11-1-2-12(25-21)28(22)26-11)6-10(17)13(9)27-4-3-23-14(27)15(18,19)20/h1-6H,7,21-22H2,(H,24,26)/b25-12-. The second kappa shape index (κ2) is 7.17. The smallest absolute Gasteiger partial charge is 0.365 e. The Labute approximate surface area is 153 Å². The maximum Gasteiger partial charge on any atom is 0.450 e. The highest BCUT2D eigenvalue weighted by Crippen LogP contribution is 2.31. The van der Waals surface area contributed by atoms with Crippen LogP contribution in [0.3, 0.4) is 0 Å². The number of hydrogen-bond donors (Lipinski definition) is 3. The van der Waals surface area contributed by atoms with Crippen molar-refractivity contribution in [3.8, 4) is 5.69 Å². The molecule has 0 fully saturated rings. The van der Waals surface area contributed by atoms with Crippen molar-refractivity contribution in [2.24, 2.45) is 10.9 Å². The van der Waals surface area contributed by atoms with E-state index in [1.165, 1.54) is 12.1 Å². The molecule has 13 heteroatoms. The van der Waals surface area contributed by atoms with E-state index in [9.17, 15) is 22.0 Å². The first-order chi connectivity index (χ1) is 13.2. The first-order valence-electron chi connectivity index (χ1n) is 7.63. The van der Waals surface area contributed by atoms with E-state index in [1.807, 2.05) is 0 Å². The van der Waals surface area contributed by atoms with Crippen molar-refractivity contribution in [1.29, 1.82) is 0 Å². The predicted octanol–water partition coefficient (Wildman–Crippen LogP) is 1.47. The van der Waals surface area contributed by atoms with Gasteiger partial charge in [-0.2, -0.15) is 23.1 Å². The first kappa shape index (κ1) is 19.1. The maximum absolute atomic E-state index is 14.4. The van der Waals surface area contributed by atoms with Crippen molar-refractivity contribution in [3.05, 3.63) is 65.2 Å². The third kappa shape index (κ3) is 3.72. The van der Waals surface area contributed by atoms with Gasteiger partial charge in [0.25, 0.3) is 0 Å². The first-order valence-corrected chi connectivity index (χ1v) is 7.63. The van der Waals surface area contributed by atoms with Gasteiger partial charge in [0, 0.05) is 18.9 Å². The SMILES string of the molecule is N/N=c1/ccc(NCc2cc(F)c(-n3ccnc3C(F)(F)F)c(F)c2)nn1N. The monoisotopic (exact) mass is 400 g/mol. The topological polar surface area (TPSA) is 112 Å². The number of nitrogens with one attached hydrogen (secondary N) is 1. The van der Waals surface area contributed by atoms with Crippen LogP contribution >= 0.6 is 0 Å². The van der Waals surface area contributed by atoms with Crippen LogP contribution in [-0.4, -0.2) is 19.4 Å². The highest BCUT2D eigenvalue weighted by molar-refractivity contribution is 5.41. The summed E-state index contributed by atoms with van der Waals surface area (Å²) in [5.74, 6) is 7.10. The number of hydrogen-bond acceptors (Lipinski definition) is 6. The number of nitrogen functional groups attached to an aromatic ring is 1. The average molecular weight is 400 g/mol. The van der Waals surface area contributed by atoms with Crippen LogP contribution in [0.1, 0.15) is 11.4 Å². The zero-order chi connectivity index (χ0) is 20.5. The van der Waals surface area contributed by atoms with Gasteiger partial charge in [0.1, 0.15) is 11.5 Å². The number of halogens is 5. The Morgan fingerprint density at radius 2 is 1.82 bits per heavy atom. The predicted molar refractivity (Wildman–Crippen MR) is 87.9 cm³/mol. The number of anilines is 1. The maximum atomic E-state index is 14.4. The zero-order valence-corrected chi connectivity index (χ0v) is 14.0. The molecule has 0 saturated heterocycles. The Balaban J connectivity index is 1.87. The van der Waals surface area contributed by atoms with E-state index in [0.29, 0.717) is 4.57 Å². The molecule has 8 nitrogen and oxygen atoms in total. The van der Waals surface area contributed by atoms with Crippen molar-refractivity contribution >= 4 is 5.82 Å². The van der Waals surface area contributed by atoms with E-state index in [-0.39, 0.29) is 23.4 Å². The minimum absolute atomic E-state index is 0.0731. The molecule has 2 aromatic heterocycles. The molecular formula is C15H13F5N8. The van der Waals surface area contributed by atoms with Crippen molar-refractivity contribution in [1.82, 2.24) is 19.4 Å². The molecule has 0 aliphatic carbocycles. The minimum atomic E-state index is -4.87. The van der Waals surface area contributed by atoms with E-state index >= 15 is 0 Å². The Bertz CT molecular complexity index is 1050. The molecule has 0 aliphatic rings. The second-order valence-corrected chi connectivity index (χ2v) is 5.53. The number of nitrogens with zero attached hydrogens (tertiary/aromatic N) is 5. The van der Waals surface area contributed by atoms with Gasteiger partial charge in [-0.05, 0) is 29.8 Å². The van der Waals surface area contributed by atoms with E-state index < -0.39 is 29.3 Å². The Hall–Kier alpha value is -3.64. The molecule has 2 heterocycles. The van der Waals surface area contributed by atoms with Gasteiger partial charge >= 0.3 is 6.18 Å². The van der Waals surface area contributed by atoms with Gasteiger partial charge in [-0.3, -0.25) is 4.57 Å². The number of alkyl halides is 3. The minimum Gasteiger partial charge on any atom is -0.365 e. The normalized spacial score (nSPS) is 12.4. The summed E-state index contributed by atoms with van der Waals surface area (Å²) >= 11 is 0. The fraction of sp³-hybridized carbons (Fsp3) is 0.133. The molecular weight excluding hydrogens is 387 g/mol. The molecule has 0 bridgehead atoms. The molecule has 0 saturated carbocycles. The van der Waals surface area contributed by atoms with Crippen molar-refractivity contribution < 1.29 is 22.0 Å². The molecule has 0 spiro atoms. The number of imidazole rings is 1. The van der Waals surface area contributed by atoms with Gasteiger partial charge in [-0.1, -0.05) is 0 Å². The van der Waals surface area contributed by atoms with E-state index in [1.54, 1.807) is 0 Å². The zero-order valence-electron chi connectivity index (χ0n) is 14.0. The molecule has 1 aromatic carbocycles. The van der Waals surface area contributed by atoms with Crippen LogP contribution in [-0.2, 0) is 12.7 Å². The molecule has 0 amide bonds. The summed E-state index contributed by atoms with van der Waals surface area (Å²) in [5.41, 5.74) is -0.557. The van der Waals surface area contributed by atoms with Crippen molar-refractivity contribution in [3.63, 3.8) is 0 Å². The van der Waals surface area contributed by atoms with E-state index in [0.717, 1.165) is 29.3 Å². The lowest BCUT2D eigenvalue weighted by Crippen LogP contribution is -2.31. The Morgan fingerprint density at radius 3 is 2.39 bits per heavy atom. The number of aromatic nitrogens is 4. The number of rotatable bonds is 4. The van der Waals surface area contributed by atoms with Crippen LogP contribution in [0.15, 0.2) is 41.8 Å². The largest absolute Gasteiger partial charge is 0.450 e. The second-order valence-electron chi connectivity index (χ2n) is 5.53. The Morgan fingerprint density at radius 1 is 1.14 bits per heavy atom. The van der Waals surface area contributed by atoms with Gasteiger partial charge in [-0.15, -0.1) is 5.10 Å². The lowest BCUT2D eigenvalue weighted by molar-refractivity contribution is -0.146. The summed E-state index contributed by atoms with van der Waals surface area (Å²) in [6.07, 6.45) is -3.23. The van der Waals surface area contributed by atoms with Crippen LogP contribution < -0.4 is 22.5 Å². The highest BCUT2D eigenvalue weighted by atomic mass is 19.4. The van der Waals surface area contributed by atoms with E-state index in [4.69, 9.17) is 11.7 Å². The van der Waals surface area contributed by atoms with Gasteiger partial charge in [0.15, 0.2) is 17.1 Å². The molecule has 0 unspecified atom stereocenters. The molecule has 148 valence electrons. The highest BCUT2D eigenvalue weighted by Gasteiger charge is 2.37. The third-order valence-corrected chi connectivity index (χ3v) is 3.66. The fourth-order valence-electron chi connectivity index (χ4n) is 2.46. The van der Waals surface area contributed by atoms with Crippen molar-refractivity contribution in [2.45, 2.75) is 12.7 Å². The van der Waals surface area contributed by atoms with Crippen molar-refractivity contribution in [2.75, 3.05) is 11.2 Å². The third-order valence-electron chi connectivity index (χ3n) is 3.66. The van der Waals surface area contributed by atoms with E-state index in [2.05, 4.69) is 20.5 Å². The van der Waals surface area contributed by atoms with Crippen LogP contribution in [0.4, 0.5) is 27.8 Å². The Kier molecular flexibility index (Phi) is 4.90. The van der Waals surface area contributed by atoms with Crippen LogP contribution in [0, 0.1) is 11.6 Å². The molecule has 28 heavy (non-hydrogen) atoms. The van der Waals surface area contributed by atoms with Gasteiger partial charge in [-0.25, -0.2) is 13.8 Å². The summed E-state index contributed by atoms with van der Waals surface area (Å²) in [4.78, 5) is 4.01.